The van der Waals surface area contributed by atoms with Gasteiger partial charge in [-0.05, 0) is 24.1 Å². The van der Waals surface area contributed by atoms with Crippen molar-refractivity contribution in [2.24, 2.45) is 7.05 Å². The molecule has 2 aromatic carbocycles. The predicted octanol–water partition coefficient (Wildman–Crippen LogP) is 5.04. The Bertz CT molecular complexity index is 1200. The molecule has 31 heavy (non-hydrogen) atoms. The molecule has 0 aliphatic carbocycles. The summed E-state index contributed by atoms with van der Waals surface area (Å²) in [4.78, 5) is 16.9. The summed E-state index contributed by atoms with van der Waals surface area (Å²) in [5, 5.41) is 14.0. The summed E-state index contributed by atoms with van der Waals surface area (Å²) in [6.45, 7) is 2.12. The SMILES string of the molecule is CCc1ccc(-c2csc(NC(=O)CSc3nnc(-c4ccccc4F)n3C)n2)cc1. The van der Waals surface area contributed by atoms with E-state index < -0.39 is 0 Å². The van der Waals surface area contributed by atoms with E-state index in [2.05, 4.69) is 39.6 Å². The predicted molar refractivity (Wildman–Crippen MR) is 123 cm³/mol. The lowest BCUT2D eigenvalue weighted by Gasteiger charge is -2.05. The maximum absolute atomic E-state index is 14.0. The van der Waals surface area contributed by atoms with Gasteiger partial charge in [0.2, 0.25) is 5.91 Å². The van der Waals surface area contributed by atoms with Crippen LogP contribution in [0, 0.1) is 5.82 Å². The summed E-state index contributed by atoms with van der Waals surface area (Å²) in [6, 6.07) is 14.6. The monoisotopic (exact) mass is 453 g/mol. The Kier molecular flexibility index (Phi) is 6.43. The van der Waals surface area contributed by atoms with Crippen molar-refractivity contribution in [2.45, 2.75) is 18.5 Å². The van der Waals surface area contributed by atoms with Gasteiger partial charge >= 0.3 is 0 Å². The molecule has 0 unspecified atom stereocenters. The Morgan fingerprint density at radius 2 is 1.94 bits per heavy atom. The van der Waals surface area contributed by atoms with E-state index in [0.717, 1.165) is 17.7 Å². The van der Waals surface area contributed by atoms with Gasteiger partial charge in [-0.15, -0.1) is 21.5 Å². The van der Waals surface area contributed by atoms with E-state index in [0.29, 0.717) is 21.7 Å². The Morgan fingerprint density at radius 3 is 2.68 bits per heavy atom. The van der Waals surface area contributed by atoms with Crippen LogP contribution in [0.25, 0.3) is 22.6 Å². The van der Waals surface area contributed by atoms with Crippen LogP contribution in [-0.4, -0.2) is 31.4 Å². The van der Waals surface area contributed by atoms with E-state index in [1.165, 1.54) is 34.7 Å². The number of anilines is 1. The van der Waals surface area contributed by atoms with Crippen molar-refractivity contribution >= 4 is 34.1 Å². The average molecular weight is 454 g/mol. The van der Waals surface area contributed by atoms with E-state index in [-0.39, 0.29) is 17.5 Å². The molecule has 9 heteroatoms. The van der Waals surface area contributed by atoms with Gasteiger partial charge in [-0.3, -0.25) is 4.79 Å². The molecule has 2 aromatic heterocycles. The number of carbonyl (C=O) groups excluding carboxylic acids is 1. The fourth-order valence-electron chi connectivity index (χ4n) is 2.98. The molecule has 158 valence electrons. The number of nitrogens with one attached hydrogen (secondary N) is 1. The highest BCUT2D eigenvalue weighted by Crippen LogP contribution is 2.27. The zero-order valence-electron chi connectivity index (χ0n) is 17.0. The van der Waals surface area contributed by atoms with Crippen LogP contribution in [0.4, 0.5) is 9.52 Å². The van der Waals surface area contributed by atoms with Crippen LogP contribution in [-0.2, 0) is 18.3 Å². The highest BCUT2D eigenvalue weighted by molar-refractivity contribution is 7.99. The van der Waals surface area contributed by atoms with Crippen molar-refractivity contribution < 1.29 is 9.18 Å². The lowest BCUT2D eigenvalue weighted by Crippen LogP contribution is -2.14. The summed E-state index contributed by atoms with van der Waals surface area (Å²) >= 11 is 2.62. The summed E-state index contributed by atoms with van der Waals surface area (Å²) in [5.74, 6) is 0.00198. The number of thioether (sulfide) groups is 1. The van der Waals surface area contributed by atoms with Gasteiger partial charge in [0, 0.05) is 18.0 Å². The zero-order chi connectivity index (χ0) is 21.8. The number of amides is 1. The minimum atomic E-state index is -0.365. The van der Waals surface area contributed by atoms with E-state index in [9.17, 15) is 9.18 Å². The van der Waals surface area contributed by atoms with Crippen LogP contribution in [0.1, 0.15) is 12.5 Å². The van der Waals surface area contributed by atoms with Gasteiger partial charge in [0.25, 0.3) is 0 Å². The van der Waals surface area contributed by atoms with E-state index in [4.69, 9.17) is 0 Å². The molecule has 6 nitrogen and oxygen atoms in total. The molecule has 0 radical (unpaired) electrons. The van der Waals surface area contributed by atoms with Crippen LogP contribution in [0.3, 0.4) is 0 Å². The second-order valence-corrected chi connectivity index (χ2v) is 8.57. The number of thiazole rings is 1. The molecule has 0 aliphatic heterocycles. The molecular formula is C22H20FN5OS2. The molecule has 0 spiro atoms. The first-order valence-electron chi connectivity index (χ1n) is 9.67. The second-order valence-electron chi connectivity index (χ2n) is 6.77. The Labute approximate surface area is 187 Å². The lowest BCUT2D eigenvalue weighted by molar-refractivity contribution is -0.113. The van der Waals surface area contributed by atoms with Crippen molar-refractivity contribution in [3.63, 3.8) is 0 Å². The quantitative estimate of drug-likeness (QED) is 0.397. The lowest BCUT2D eigenvalue weighted by atomic mass is 10.1. The first-order chi connectivity index (χ1) is 15.0. The first kappa shape index (κ1) is 21.2. The number of hydrogen-bond acceptors (Lipinski definition) is 6. The fraction of sp³-hybridized carbons (Fsp3) is 0.182. The smallest absolute Gasteiger partial charge is 0.236 e. The standard InChI is InChI=1S/C22H20FN5OS2/c1-3-14-8-10-15(11-9-14)18-12-30-21(24-18)25-19(29)13-31-22-27-26-20(28(22)2)16-6-4-5-7-17(16)23/h4-12H,3,13H2,1-2H3,(H,24,25,29). The van der Waals surface area contributed by atoms with Gasteiger partial charge in [0.15, 0.2) is 16.1 Å². The van der Waals surface area contributed by atoms with Crippen LogP contribution >= 0.6 is 23.1 Å². The third kappa shape index (κ3) is 4.83. The molecule has 0 aliphatic rings. The normalized spacial score (nSPS) is 10.9. The summed E-state index contributed by atoms with van der Waals surface area (Å²) in [5.41, 5.74) is 3.49. The first-order valence-corrected chi connectivity index (χ1v) is 11.5. The van der Waals surface area contributed by atoms with Gasteiger partial charge in [-0.25, -0.2) is 9.37 Å². The van der Waals surface area contributed by atoms with Crippen molar-refractivity contribution in [3.05, 3.63) is 65.3 Å². The van der Waals surface area contributed by atoms with Gasteiger partial charge < -0.3 is 9.88 Å². The molecule has 1 amide bonds. The molecule has 2 heterocycles. The van der Waals surface area contributed by atoms with Crippen LogP contribution in [0.15, 0.2) is 59.1 Å². The van der Waals surface area contributed by atoms with Crippen molar-refractivity contribution in [2.75, 3.05) is 11.1 Å². The minimum Gasteiger partial charge on any atom is -0.305 e. The Hall–Kier alpha value is -3.04. The molecule has 0 saturated carbocycles. The third-order valence-corrected chi connectivity index (χ3v) is 6.47. The third-order valence-electron chi connectivity index (χ3n) is 4.69. The molecular weight excluding hydrogens is 433 g/mol. The number of aromatic nitrogens is 4. The van der Waals surface area contributed by atoms with Crippen LogP contribution in [0.2, 0.25) is 0 Å². The Morgan fingerprint density at radius 1 is 1.16 bits per heavy atom. The number of nitrogens with zero attached hydrogens (tertiary/aromatic N) is 4. The zero-order valence-corrected chi connectivity index (χ0v) is 18.6. The molecule has 4 aromatic rings. The molecule has 4 rings (SSSR count). The molecule has 0 fully saturated rings. The van der Waals surface area contributed by atoms with Gasteiger partial charge in [0.1, 0.15) is 5.82 Å². The number of halogens is 1. The molecule has 0 bridgehead atoms. The maximum atomic E-state index is 14.0. The van der Waals surface area contributed by atoms with Crippen molar-refractivity contribution in [1.29, 1.82) is 0 Å². The largest absolute Gasteiger partial charge is 0.305 e. The molecule has 0 atom stereocenters. The van der Waals surface area contributed by atoms with E-state index in [1.807, 2.05) is 17.5 Å². The second kappa shape index (κ2) is 9.40. The minimum absolute atomic E-state index is 0.142. The van der Waals surface area contributed by atoms with E-state index in [1.54, 1.807) is 29.8 Å². The summed E-state index contributed by atoms with van der Waals surface area (Å²) in [7, 11) is 1.75. The summed E-state index contributed by atoms with van der Waals surface area (Å²) < 4.78 is 15.7. The van der Waals surface area contributed by atoms with Crippen molar-refractivity contribution in [1.82, 2.24) is 19.7 Å². The summed E-state index contributed by atoms with van der Waals surface area (Å²) in [6.07, 6.45) is 0.990. The highest BCUT2D eigenvalue weighted by atomic mass is 32.2. The number of aryl methyl sites for hydroxylation is 1. The van der Waals surface area contributed by atoms with Crippen molar-refractivity contribution in [3.8, 4) is 22.6 Å². The maximum Gasteiger partial charge on any atom is 0.236 e. The highest BCUT2D eigenvalue weighted by Gasteiger charge is 2.16. The van der Waals surface area contributed by atoms with Gasteiger partial charge in [-0.1, -0.05) is 55.1 Å². The molecule has 0 saturated heterocycles. The number of carbonyl (C=O) groups is 1. The topological polar surface area (TPSA) is 72.7 Å². The van der Waals surface area contributed by atoms with Gasteiger partial charge in [0.05, 0.1) is 17.0 Å². The number of rotatable bonds is 7. The molecule has 1 N–H and O–H groups in total. The number of benzene rings is 2. The van der Waals surface area contributed by atoms with Crippen LogP contribution < -0.4 is 5.32 Å². The number of hydrogen-bond donors (Lipinski definition) is 1. The average Bonchev–Trinajstić information content (AvgIpc) is 3.39. The Balaban J connectivity index is 1.37. The van der Waals surface area contributed by atoms with Crippen LogP contribution in [0.5, 0.6) is 0 Å². The fourth-order valence-corrected chi connectivity index (χ4v) is 4.42. The van der Waals surface area contributed by atoms with E-state index >= 15 is 0 Å². The van der Waals surface area contributed by atoms with Gasteiger partial charge in [-0.2, -0.15) is 0 Å².